The first-order valence-corrected chi connectivity index (χ1v) is 8.28. The highest BCUT2D eigenvalue weighted by Crippen LogP contribution is 2.25. The van der Waals surface area contributed by atoms with Crippen molar-refractivity contribution in [1.29, 1.82) is 0 Å². The molecule has 0 fully saturated rings. The van der Waals surface area contributed by atoms with E-state index in [9.17, 15) is 4.79 Å². The third-order valence-corrected chi connectivity index (χ3v) is 4.06. The van der Waals surface area contributed by atoms with Crippen molar-refractivity contribution in [2.24, 2.45) is 0 Å². The van der Waals surface area contributed by atoms with Crippen LogP contribution < -0.4 is 14.8 Å². The SMILES string of the molecule is CCc1ccccc1NC(=O)COc1ccc2ccc(OC)cc2c1. The molecule has 0 unspecified atom stereocenters. The number of carbonyl (C=O) groups is 1. The van der Waals surface area contributed by atoms with E-state index in [2.05, 4.69) is 12.2 Å². The van der Waals surface area contributed by atoms with Gasteiger partial charge in [-0.2, -0.15) is 0 Å². The fourth-order valence-corrected chi connectivity index (χ4v) is 2.71. The summed E-state index contributed by atoms with van der Waals surface area (Å²) in [7, 11) is 1.64. The minimum absolute atomic E-state index is 0.0342. The van der Waals surface area contributed by atoms with Crippen LogP contribution in [0.1, 0.15) is 12.5 Å². The standard InChI is InChI=1S/C21H21NO3/c1-3-15-6-4-5-7-20(15)22-21(23)14-25-19-11-9-16-8-10-18(24-2)12-17(16)13-19/h4-13H,3,14H2,1-2H3,(H,22,23). The third-order valence-electron chi connectivity index (χ3n) is 4.06. The number of rotatable bonds is 6. The van der Waals surface area contributed by atoms with E-state index in [1.165, 1.54) is 0 Å². The second-order valence-electron chi connectivity index (χ2n) is 5.72. The van der Waals surface area contributed by atoms with E-state index >= 15 is 0 Å². The maximum atomic E-state index is 12.2. The van der Waals surface area contributed by atoms with Gasteiger partial charge in [0, 0.05) is 5.69 Å². The van der Waals surface area contributed by atoms with Gasteiger partial charge < -0.3 is 14.8 Å². The van der Waals surface area contributed by atoms with E-state index in [1.807, 2.05) is 60.7 Å². The molecule has 3 aromatic rings. The Labute approximate surface area is 147 Å². The van der Waals surface area contributed by atoms with Crippen LogP contribution in [0.3, 0.4) is 0 Å². The third kappa shape index (κ3) is 4.10. The predicted molar refractivity (Wildman–Crippen MR) is 100 cm³/mol. The minimum Gasteiger partial charge on any atom is -0.497 e. The van der Waals surface area contributed by atoms with Gasteiger partial charge in [-0.25, -0.2) is 0 Å². The Balaban J connectivity index is 1.66. The molecule has 4 nitrogen and oxygen atoms in total. The Morgan fingerprint density at radius 2 is 1.68 bits per heavy atom. The van der Waals surface area contributed by atoms with Crippen LogP contribution >= 0.6 is 0 Å². The maximum Gasteiger partial charge on any atom is 0.262 e. The van der Waals surface area contributed by atoms with Crippen LogP contribution in [0.5, 0.6) is 11.5 Å². The summed E-state index contributed by atoms with van der Waals surface area (Å²) in [4.78, 5) is 12.2. The number of amides is 1. The van der Waals surface area contributed by atoms with E-state index in [-0.39, 0.29) is 12.5 Å². The number of anilines is 1. The van der Waals surface area contributed by atoms with Gasteiger partial charge in [-0.05, 0) is 53.1 Å². The lowest BCUT2D eigenvalue weighted by Gasteiger charge is -2.11. The average Bonchev–Trinajstić information content (AvgIpc) is 2.66. The molecule has 0 heterocycles. The Kier molecular flexibility index (Phi) is 5.19. The number of aryl methyl sites for hydroxylation is 1. The molecule has 0 bridgehead atoms. The Morgan fingerprint density at radius 3 is 2.44 bits per heavy atom. The maximum absolute atomic E-state index is 12.2. The quantitative estimate of drug-likeness (QED) is 0.725. The summed E-state index contributed by atoms with van der Waals surface area (Å²) in [6.07, 6.45) is 0.865. The molecule has 0 saturated carbocycles. The molecule has 0 atom stereocenters. The van der Waals surface area contributed by atoms with Gasteiger partial charge in [0.25, 0.3) is 5.91 Å². The van der Waals surface area contributed by atoms with Crippen molar-refractivity contribution in [3.63, 3.8) is 0 Å². The fourth-order valence-electron chi connectivity index (χ4n) is 2.71. The van der Waals surface area contributed by atoms with Crippen molar-refractivity contribution in [2.45, 2.75) is 13.3 Å². The first-order chi connectivity index (χ1) is 12.2. The lowest BCUT2D eigenvalue weighted by Crippen LogP contribution is -2.20. The highest BCUT2D eigenvalue weighted by molar-refractivity contribution is 5.92. The van der Waals surface area contributed by atoms with Gasteiger partial charge in [-0.1, -0.05) is 37.3 Å². The minimum atomic E-state index is -0.174. The topological polar surface area (TPSA) is 47.6 Å². The van der Waals surface area contributed by atoms with Crippen molar-refractivity contribution in [3.8, 4) is 11.5 Å². The molecule has 128 valence electrons. The summed E-state index contributed by atoms with van der Waals surface area (Å²) in [5.74, 6) is 1.27. The zero-order chi connectivity index (χ0) is 17.6. The number of ether oxygens (including phenoxy) is 2. The second-order valence-corrected chi connectivity index (χ2v) is 5.72. The molecule has 0 radical (unpaired) electrons. The highest BCUT2D eigenvalue weighted by Gasteiger charge is 2.07. The molecule has 0 aliphatic rings. The van der Waals surface area contributed by atoms with Gasteiger partial charge in [0.2, 0.25) is 0 Å². The van der Waals surface area contributed by atoms with Crippen LogP contribution in [0.15, 0.2) is 60.7 Å². The molecule has 0 spiro atoms. The monoisotopic (exact) mass is 335 g/mol. The Hall–Kier alpha value is -3.01. The summed E-state index contributed by atoms with van der Waals surface area (Å²) in [6, 6.07) is 19.4. The second kappa shape index (κ2) is 7.71. The van der Waals surface area contributed by atoms with E-state index in [0.29, 0.717) is 5.75 Å². The molecule has 1 amide bonds. The molecular formula is C21H21NO3. The molecule has 3 aromatic carbocycles. The Morgan fingerprint density at radius 1 is 0.960 bits per heavy atom. The van der Waals surface area contributed by atoms with Crippen molar-refractivity contribution in [2.75, 3.05) is 19.0 Å². The smallest absolute Gasteiger partial charge is 0.262 e. The first kappa shape index (κ1) is 16.8. The molecular weight excluding hydrogens is 314 g/mol. The molecule has 0 saturated heterocycles. The van der Waals surface area contributed by atoms with E-state index in [1.54, 1.807) is 7.11 Å². The number of hydrogen-bond donors (Lipinski definition) is 1. The zero-order valence-electron chi connectivity index (χ0n) is 14.4. The number of para-hydroxylation sites is 1. The van der Waals surface area contributed by atoms with Crippen LogP contribution in [0.4, 0.5) is 5.69 Å². The number of hydrogen-bond acceptors (Lipinski definition) is 3. The predicted octanol–water partition coefficient (Wildman–Crippen LogP) is 4.43. The Bertz CT molecular complexity index is 889. The van der Waals surface area contributed by atoms with Crippen molar-refractivity contribution in [1.82, 2.24) is 0 Å². The van der Waals surface area contributed by atoms with Gasteiger partial charge >= 0.3 is 0 Å². The molecule has 4 heteroatoms. The van der Waals surface area contributed by atoms with Gasteiger partial charge in [0.05, 0.1) is 7.11 Å². The molecule has 0 aliphatic carbocycles. The van der Waals surface area contributed by atoms with E-state index < -0.39 is 0 Å². The normalized spacial score (nSPS) is 10.5. The summed E-state index contributed by atoms with van der Waals surface area (Å²) < 4.78 is 10.9. The fraction of sp³-hybridized carbons (Fsp3) is 0.190. The van der Waals surface area contributed by atoms with E-state index in [0.717, 1.165) is 34.2 Å². The summed E-state index contributed by atoms with van der Waals surface area (Å²) >= 11 is 0. The molecule has 0 aliphatic heterocycles. The van der Waals surface area contributed by atoms with Crippen LogP contribution in [0.2, 0.25) is 0 Å². The van der Waals surface area contributed by atoms with Gasteiger partial charge in [0.15, 0.2) is 6.61 Å². The summed E-state index contributed by atoms with van der Waals surface area (Å²) in [6.45, 7) is 2.03. The molecule has 3 rings (SSSR count). The van der Waals surface area contributed by atoms with Crippen LogP contribution in [0, 0.1) is 0 Å². The lowest BCUT2D eigenvalue weighted by atomic mass is 10.1. The number of fused-ring (bicyclic) bond motifs is 1. The average molecular weight is 335 g/mol. The number of nitrogens with one attached hydrogen (secondary N) is 1. The lowest BCUT2D eigenvalue weighted by molar-refractivity contribution is -0.118. The van der Waals surface area contributed by atoms with Crippen LogP contribution in [-0.2, 0) is 11.2 Å². The van der Waals surface area contributed by atoms with Crippen molar-refractivity contribution >= 4 is 22.4 Å². The van der Waals surface area contributed by atoms with Gasteiger partial charge in [0.1, 0.15) is 11.5 Å². The van der Waals surface area contributed by atoms with Crippen molar-refractivity contribution < 1.29 is 14.3 Å². The largest absolute Gasteiger partial charge is 0.497 e. The molecule has 0 aromatic heterocycles. The number of carbonyl (C=O) groups excluding carboxylic acids is 1. The highest BCUT2D eigenvalue weighted by atomic mass is 16.5. The zero-order valence-corrected chi connectivity index (χ0v) is 14.4. The van der Waals surface area contributed by atoms with Crippen molar-refractivity contribution in [3.05, 3.63) is 66.2 Å². The van der Waals surface area contributed by atoms with E-state index in [4.69, 9.17) is 9.47 Å². The van der Waals surface area contributed by atoms with Gasteiger partial charge in [-0.15, -0.1) is 0 Å². The molecule has 1 N–H and O–H groups in total. The number of methoxy groups -OCH3 is 1. The summed E-state index contributed by atoms with van der Waals surface area (Å²) in [5, 5.41) is 5.00. The summed E-state index contributed by atoms with van der Waals surface area (Å²) in [5.41, 5.74) is 1.94. The molecule has 25 heavy (non-hydrogen) atoms. The van der Waals surface area contributed by atoms with Crippen LogP contribution in [0.25, 0.3) is 10.8 Å². The van der Waals surface area contributed by atoms with Gasteiger partial charge in [-0.3, -0.25) is 4.79 Å². The number of benzene rings is 3. The first-order valence-electron chi connectivity index (χ1n) is 8.28. The van der Waals surface area contributed by atoms with Crippen LogP contribution in [-0.4, -0.2) is 19.6 Å².